The van der Waals surface area contributed by atoms with Gasteiger partial charge in [-0.05, 0) is 41.9 Å². The number of likely N-dealkylation sites (N-methyl/N-ethyl adjacent to an activating group) is 1. The molecule has 1 amide bonds. The molecule has 3 rings (SSSR count). The number of nitrogens with zero attached hydrogens (tertiary/aromatic N) is 1. The highest BCUT2D eigenvalue weighted by atomic mass is 32.2. The van der Waals surface area contributed by atoms with Crippen molar-refractivity contribution in [2.45, 2.75) is 17.2 Å². The van der Waals surface area contributed by atoms with Crippen LogP contribution in [0, 0.1) is 11.6 Å². The maximum absolute atomic E-state index is 13.6. The molecule has 3 N–H and O–H groups in total. The summed E-state index contributed by atoms with van der Waals surface area (Å²) in [6.07, 6.45) is 0. The molecule has 34 heavy (non-hydrogen) atoms. The van der Waals surface area contributed by atoms with Gasteiger partial charge in [0, 0.05) is 23.4 Å². The second kappa shape index (κ2) is 12.1. The molecule has 182 valence electrons. The van der Waals surface area contributed by atoms with Gasteiger partial charge >= 0.3 is 5.97 Å². The van der Waals surface area contributed by atoms with Gasteiger partial charge in [-0.2, -0.15) is 0 Å². The third-order valence-corrected chi connectivity index (χ3v) is 6.25. The zero-order chi connectivity index (χ0) is 24.7. The van der Waals surface area contributed by atoms with Crippen molar-refractivity contribution in [3.05, 3.63) is 59.1 Å². The van der Waals surface area contributed by atoms with Crippen molar-refractivity contribution in [3.8, 4) is 16.9 Å². The van der Waals surface area contributed by atoms with Gasteiger partial charge in [0.1, 0.15) is 30.0 Å². The van der Waals surface area contributed by atoms with E-state index in [4.69, 9.17) is 9.84 Å². The van der Waals surface area contributed by atoms with E-state index in [2.05, 4.69) is 23.3 Å². The third kappa shape index (κ3) is 6.87. The number of carbonyl (C=O) groups excluding carboxylic acids is 1. The number of hydrogen-bond donors (Lipinski definition) is 4. The van der Waals surface area contributed by atoms with Gasteiger partial charge in [0.25, 0.3) is 5.91 Å². The summed E-state index contributed by atoms with van der Waals surface area (Å²) in [7, 11) is 0. The number of carbonyl (C=O) groups is 2. The van der Waals surface area contributed by atoms with E-state index < -0.39 is 17.6 Å². The standard InChI is InChI=1S/C23H25F2N3O4S2/c1-2-26-7-8-28(11-22(29)30)23(31)19-13-34-21(27-19)12-32-15-5-3-14(4-6-15)16-9-17(24)18(25)10-20(16)33/h3-6,9-10,13,21,26-27,33H,2,7-8,11-12H2,1H3,(H,29,30). The van der Waals surface area contributed by atoms with Crippen LogP contribution in [0.1, 0.15) is 6.92 Å². The van der Waals surface area contributed by atoms with Gasteiger partial charge in [-0.15, -0.1) is 24.4 Å². The van der Waals surface area contributed by atoms with Crippen LogP contribution in [-0.2, 0) is 9.59 Å². The Morgan fingerprint density at radius 1 is 1.24 bits per heavy atom. The monoisotopic (exact) mass is 509 g/mol. The fraction of sp³-hybridized carbons (Fsp3) is 0.304. The highest BCUT2D eigenvalue weighted by Gasteiger charge is 2.27. The van der Waals surface area contributed by atoms with E-state index in [-0.39, 0.29) is 31.0 Å². The van der Waals surface area contributed by atoms with Gasteiger partial charge in [-0.1, -0.05) is 19.1 Å². The number of amides is 1. The minimum atomic E-state index is -1.08. The Morgan fingerprint density at radius 3 is 2.62 bits per heavy atom. The molecule has 0 spiro atoms. The van der Waals surface area contributed by atoms with E-state index in [0.29, 0.717) is 34.0 Å². The summed E-state index contributed by atoms with van der Waals surface area (Å²) >= 11 is 5.58. The van der Waals surface area contributed by atoms with E-state index in [9.17, 15) is 18.4 Å². The Hall–Kier alpha value is -2.76. The molecule has 2 aromatic rings. The molecule has 1 heterocycles. The second-order valence-corrected chi connectivity index (χ2v) is 8.95. The summed E-state index contributed by atoms with van der Waals surface area (Å²) in [5, 5.41) is 16.7. The van der Waals surface area contributed by atoms with Crippen LogP contribution >= 0.6 is 24.4 Å². The summed E-state index contributed by atoms with van der Waals surface area (Å²) in [6.45, 7) is 3.30. The molecule has 1 unspecified atom stereocenters. The number of halogens is 2. The lowest BCUT2D eigenvalue weighted by Gasteiger charge is -2.22. The van der Waals surface area contributed by atoms with E-state index in [1.54, 1.807) is 29.7 Å². The van der Waals surface area contributed by atoms with Gasteiger partial charge in [0.15, 0.2) is 11.6 Å². The van der Waals surface area contributed by atoms with Crippen molar-refractivity contribution in [1.82, 2.24) is 15.5 Å². The predicted molar refractivity (Wildman–Crippen MR) is 130 cm³/mol. The van der Waals surface area contributed by atoms with Crippen LogP contribution in [0.5, 0.6) is 5.75 Å². The van der Waals surface area contributed by atoms with E-state index in [0.717, 1.165) is 18.7 Å². The summed E-state index contributed by atoms with van der Waals surface area (Å²) in [5.74, 6) is -2.79. The minimum absolute atomic E-state index is 0.227. The summed E-state index contributed by atoms with van der Waals surface area (Å²) in [4.78, 5) is 25.5. The maximum atomic E-state index is 13.6. The molecular weight excluding hydrogens is 484 g/mol. The zero-order valence-electron chi connectivity index (χ0n) is 18.4. The van der Waals surface area contributed by atoms with E-state index in [1.165, 1.54) is 16.7 Å². The molecule has 7 nitrogen and oxygen atoms in total. The molecule has 1 aliphatic rings. The van der Waals surface area contributed by atoms with Crippen LogP contribution in [0.3, 0.4) is 0 Å². The normalized spacial score (nSPS) is 14.9. The lowest BCUT2D eigenvalue weighted by atomic mass is 10.1. The molecular formula is C23H25F2N3O4S2. The molecule has 1 aliphatic heterocycles. The van der Waals surface area contributed by atoms with Crippen molar-refractivity contribution in [2.24, 2.45) is 0 Å². The van der Waals surface area contributed by atoms with Crippen molar-refractivity contribution in [2.75, 3.05) is 32.8 Å². The van der Waals surface area contributed by atoms with Crippen molar-refractivity contribution >= 4 is 36.3 Å². The first-order valence-corrected chi connectivity index (χ1v) is 11.9. The number of carboxylic acid groups (broad SMARTS) is 1. The number of ether oxygens (including phenoxy) is 1. The Kier molecular flexibility index (Phi) is 9.20. The second-order valence-electron chi connectivity index (χ2n) is 7.39. The molecule has 0 bridgehead atoms. The predicted octanol–water partition coefficient (Wildman–Crippen LogP) is 3.33. The van der Waals surface area contributed by atoms with Crippen LogP contribution in [0.25, 0.3) is 11.1 Å². The van der Waals surface area contributed by atoms with Crippen molar-refractivity contribution in [3.63, 3.8) is 0 Å². The SMILES string of the molecule is CCNCCN(CC(=O)O)C(=O)C1=CSC(COc2ccc(-c3cc(F)c(F)cc3S)cc2)N1. The third-order valence-electron chi connectivity index (χ3n) is 4.92. The van der Waals surface area contributed by atoms with E-state index >= 15 is 0 Å². The van der Waals surface area contributed by atoms with Crippen LogP contribution in [0.15, 0.2) is 52.4 Å². The summed E-state index contributed by atoms with van der Waals surface area (Å²) in [5.41, 5.74) is 1.45. The number of thiol groups is 1. The number of hydrogen-bond acceptors (Lipinski definition) is 7. The minimum Gasteiger partial charge on any atom is -0.491 e. The van der Waals surface area contributed by atoms with Gasteiger partial charge in [0.2, 0.25) is 0 Å². The average molecular weight is 510 g/mol. The number of aliphatic carboxylic acids is 1. The first-order chi connectivity index (χ1) is 16.3. The lowest BCUT2D eigenvalue weighted by molar-refractivity contribution is -0.143. The van der Waals surface area contributed by atoms with Crippen LogP contribution in [0.2, 0.25) is 0 Å². The van der Waals surface area contributed by atoms with Gasteiger partial charge < -0.3 is 25.4 Å². The molecule has 0 aromatic heterocycles. The first-order valence-electron chi connectivity index (χ1n) is 10.5. The number of benzene rings is 2. The maximum Gasteiger partial charge on any atom is 0.323 e. The quantitative estimate of drug-likeness (QED) is 0.273. The molecule has 0 fully saturated rings. The number of carboxylic acids is 1. The van der Waals surface area contributed by atoms with Crippen LogP contribution in [-0.4, -0.2) is 60.0 Å². The van der Waals surface area contributed by atoms with Crippen LogP contribution < -0.4 is 15.4 Å². The Labute approximate surface area is 206 Å². The average Bonchev–Trinajstić information content (AvgIpc) is 3.28. The highest BCUT2D eigenvalue weighted by Crippen LogP contribution is 2.30. The smallest absolute Gasteiger partial charge is 0.323 e. The molecule has 0 saturated heterocycles. The molecule has 1 atom stereocenters. The fourth-order valence-corrected chi connectivity index (χ4v) is 4.35. The molecule has 2 aromatic carbocycles. The first kappa shape index (κ1) is 25.9. The summed E-state index contributed by atoms with van der Waals surface area (Å²) in [6, 6.07) is 8.99. The van der Waals surface area contributed by atoms with Crippen molar-refractivity contribution in [1.29, 1.82) is 0 Å². The van der Waals surface area contributed by atoms with Gasteiger partial charge in [0.05, 0.1) is 0 Å². The number of nitrogens with one attached hydrogen (secondary N) is 2. The summed E-state index contributed by atoms with van der Waals surface area (Å²) < 4.78 is 32.7. The molecule has 0 aliphatic carbocycles. The topological polar surface area (TPSA) is 90.9 Å². The zero-order valence-corrected chi connectivity index (χ0v) is 20.1. The Balaban J connectivity index is 1.54. The van der Waals surface area contributed by atoms with Crippen LogP contribution in [0.4, 0.5) is 8.78 Å². The van der Waals surface area contributed by atoms with Gasteiger partial charge in [-0.25, -0.2) is 8.78 Å². The largest absolute Gasteiger partial charge is 0.491 e. The number of thioether (sulfide) groups is 1. The molecule has 11 heteroatoms. The van der Waals surface area contributed by atoms with Gasteiger partial charge in [-0.3, -0.25) is 9.59 Å². The fourth-order valence-electron chi connectivity index (χ4n) is 3.23. The molecule has 0 saturated carbocycles. The number of rotatable bonds is 11. The molecule has 0 radical (unpaired) electrons. The van der Waals surface area contributed by atoms with Crippen molar-refractivity contribution < 1.29 is 28.2 Å². The highest BCUT2D eigenvalue weighted by molar-refractivity contribution is 8.03. The Morgan fingerprint density at radius 2 is 1.94 bits per heavy atom. The Bertz CT molecular complexity index is 1070. The van der Waals surface area contributed by atoms with E-state index in [1.807, 2.05) is 6.92 Å². The lowest BCUT2D eigenvalue weighted by Crippen LogP contribution is -2.43.